The maximum atomic E-state index is 14.0. The van der Waals surface area contributed by atoms with Crippen molar-refractivity contribution in [3.8, 4) is 0 Å². The molecule has 0 aliphatic heterocycles. The molecule has 0 saturated heterocycles. The minimum Gasteiger partial charge on any atom is -0.318 e. The Morgan fingerprint density at radius 1 is 1.23 bits per heavy atom. The quantitative estimate of drug-likeness (QED) is 0.748. The van der Waals surface area contributed by atoms with Gasteiger partial charge < -0.3 is 5.32 Å². The summed E-state index contributed by atoms with van der Waals surface area (Å²) in [5.41, 5.74) is -0.203. The van der Waals surface area contributed by atoms with E-state index in [9.17, 15) is 14.0 Å². The Morgan fingerprint density at radius 2 is 1.92 bits per heavy atom. The maximum Gasteiger partial charge on any atom is 0.276 e. The van der Waals surface area contributed by atoms with Gasteiger partial charge >= 0.3 is 0 Å². The lowest BCUT2D eigenvalue weighted by molar-refractivity contribution is 0.102. The number of halogens is 2. The summed E-state index contributed by atoms with van der Waals surface area (Å²) in [5, 5.41) is 7.77. The summed E-state index contributed by atoms with van der Waals surface area (Å²) < 4.78 is 15.3. The van der Waals surface area contributed by atoms with Gasteiger partial charge in [-0.2, -0.15) is 5.10 Å². The molecule has 3 aromatic rings. The van der Waals surface area contributed by atoms with E-state index in [4.69, 9.17) is 11.6 Å². The molecule has 5 nitrogen and oxygen atoms in total. The highest BCUT2D eigenvalue weighted by Gasteiger charge is 2.18. The summed E-state index contributed by atoms with van der Waals surface area (Å²) in [5.74, 6) is -1.07. The van der Waals surface area contributed by atoms with E-state index in [1.807, 2.05) is 13.8 Å². The molecule has 0 atom stereocenters. The largest absolute Gasteiger partial charge is 0.318 e. The molecule has 0 fully saturated rings. The number of fused-ring (bicyclic) bond motifs is 1. The number of hydrogen-bond donors (Lipinski definition) is 1. The molecule has 0 aliphatic carbocycles. The number of aromatic nitrogens is 2. The van der Waals surface area contributed by atoms with Gasteiger partial charge in [0.1, 0.15) is 5.82 Å². The fourth-order valence-electron chi connectivity index (χ4n) is 2.64. The van der Waals surface area contributed by atoms with Crippen molar-refractivity contribution in [2.75, 3.05) is 5.32 Å². The Hall–Kier alpha value is -2.73. The standard InChI is InChI=1S/C19H17ClFN3O2/c1-11(2)10-24-19(26)14-6-4-3-5-13(14)17(23-24)18(25)22-16-8-7-12(20)9-15(16)21/h3-9,11H,10H2,1-2H3,(H,22,25). The van der Waals surface area contributed by atoms with Crippen molar-refractivity contribution in [3.05, 3.63) is 69.4 Å². The van der Waals surface area contributed by atoms with E-state index in [0.717, 1.165) is 6.07 Å². The third kappa shape index (κ3) is 3.60. The third-order valence-electron chi connectivity index (χ3n) is 3.80. The zero-order valence-corrected chi connectivity index (χ0v) is 15.0. The van der Waals surface area contributed by atoms with Gasteiger partial charge in [0, 0.05) is 17.0 Å². The van der Waals surface area contributed by atoms with Gasteiger partial charge in [-0.05, 0) is 30.2 Å². The van der Waals surface area contributed by atoms with Gasteiger partial charge in [-0.25, -0.2) is 9.07 Å². The third-order valence-corrected chi connectivity index (χ3v) is 4.04. The lowest BCUT2D eigenvalue weighted by Gasteiger charge is -2.13. The van der Waals surface area contributed by atoms with Crippen molar-refractivity contribution >= 4 is 34.0 Å². The molecule has 2 aromatic carbocycles. The van der Waals surface area contributed by atoms with E-state index in [0.29, 0.717) is 17.3 Å². The van der Waals surface area contributed by atoms with E-state index in [1.54, 1.807) is 24.3 Å². The SMILES string of the molecule is CC(C)Cn1nc(C(=O)Nc2ccc(Cl)cc2F)c2ccccc2c1=O. The zero-order chi connectivity index (χ0) is 18.8. The monoisotopic (exact) mass is 373 g/mol. The van der Waals surface area contributed by atoms with Gasteiger partial charge in [-0.3, -0.25) is 9.59 Å². The van der Waals surface area contributed by atoms with Gasteiger partial charge in [0.05, 0.1) is 11.1 Å². The van der Waals surface area contributed by atoms with E-state index in [2.05, 4.69) is 10.4 Å². The molecule has 0 bridgehead atoms. The number of nitrogens with zero attached hydrogens (tertiary/aromatic N) is 2. The van der Waals surface area contributed by atoms with E-state index < -0.39 is 11.7 Å². The van der Waals surface area contributed by atoms with E-state index in [1.165, 1.54) is 16.8 Å². The maximum absolute atomic E-state index is 14.0. The second kappa shape index (κ2) is 7.25. The fourth-order valence-corrected chi connectivity index (χ4v) is 2.80. The van der Waals surface area contributed by atoms with Crippen LogP contribution in [0.15, 0.2) is 47.3 Å². The Bertz CT molecular complexity index is 1050. The molecule has 134 valence electrons. The number of benzene rings is 2. The predicted octanol–water partition coefficient (Wildman–Crippen LogP) is 4.10. The Labute approximate surface area is 154 Å². The van der Waals surface area contributed by atoms with Crippen LogP contribution in [0.1, 0.15) is 24.3 Å². The van der Waals surface area contributed by atoms with Crippen LogP contribution in [-0.2, 0) is 6.54 Å². The highest BCUT2D eigenvalue weighted by Crippen LogP contribution is 2.21. The first-order valence-electron chi connectivity index (χ1n) is 8.13. The first-order chi connectivity index (χ1) is 12.4. The summed E-state index contributed by atoms with van der Waals surface area (Å²) >= 11 is 5.73. The first-order valence-corrected chi connectivity index (χ1v) is 8.51. The molecule has 1 amide bonds. The molecule has 0 unspecified atom stereocenters. The second-order valence-corrected chi connectivity index (χ2v) is 6.79. The van der Waals surface area contributed by atoms with Gasteiger partial charge in [0.2, 0.25) is 0 Å². The molecule has 0 aliphatic rings. The van der Waals surface area contributed by atoms with Crippen molar-refractivity contribution < 1.29 is 9.18 Å². The number of nitrogens with one attached hydrogen (secondary N) is 1. The molecule has 1 aromatic heterocycles. The molecule has 0 spiro atoms. The lowest BCUT2D eigenvalue weighted by Crippen LogP contribution is -2.29. The minimum atomic E-state index is -0.648. The number of amides is 1. The van der Waals surface area contributed by atoms with Crippen molar-refractivity contribution in [2.24, 2.45) is 5.92 Å². The van der Waals surface area contributed by atoms with Crippen molar-refractivity contribution in [2.45, 2.75) is 20.4 Å². The van der Waals surface area contributed by atoms with E-state index in [-0.39, 0.29) is 27.9 Å². The zero-order valence-electron chi connectivity index (χ0n) is 14.3. The molecule has 26 heavy (non-hydrogen) atoms. The van der Waals surface area contributed by atoms with Crippen LogP contribution in [0, 0.1) is 11.7 Å². The Kier molecular flexibility index (Phi) is 5.04. The fraction of sp³-hybridized carbons (Fsp3) is 0.211. The Balaban J connectivity index is 2.09. The summed E-state index contributed by atoms with van der Waals surface area (Å²) in [6.45, 7) is 4.28. The van der Waals surface area contributed by atoms with Crippen LogP contribution < -0.4 is 10.9 Å². The molecule has 3 rings (SSSR count). The highest BCUT2D eigenvalue weighted by atomic mass is 35.5. The van der Waals surface area contributed by atoms with Crippen LogP contribution >= 0.6 is 11.6 Å². The summed E-state index contributed by atoms with van der Waals surface area (Å²) in [7, 11) is 0. The normalized spacial score (nSPS) is 11.1. The number of carbonyl (C=O) groups excluding carboxylic acids is 1. The van der Waals surface area contributed by atoms with E-state index >= 15 is 0 Å². The highest BCUT2D eigenvalue weighted by molar-refractivity contribution is 6.30. The summed E-state index contributed by atoms with van der Waals surface area (Å²) in [4.78, 5) is 25.3. The first kappa shape index (κ1) is 18.1. The molecule has 1 N–H and O–H groups in total. The summed E-state index contributed by atoms with van der Waals surface area (Å²) in [6, 6.07) is 10.7. The number of carbonyl (C=O) groups is 1. The lowest BCUT2D eigenvalue weighted by atomic mass is 10.1. The van der Waals surface area contributed by atoms with Crippen LogP contribution in [0.5, 0.6) is 0 Å². The van der Waals surface area contributed by atoms with Crippen molar-refractivity contribution in [1.82, 2.24) is 9.78 Å². The van der Waals surface area contributed by atoms with Crippen molar-refractivity contribution in [3.63, 3.8) is 0 Å². The molecule has 0 radical (unpaired) electrons. The number of anilines is 1. The minimum absolute atomic E-state index is 0.00751. The van der Waals surface area contributed by atoms with Gasteiger partial charge in [-0.15, -0.1) is 0 Å². The van der Waals surface area contributed by atoms with Crippen LogP contribution in [0.2, 0.25) is 5.02 Å². The van der Waals surface area contributed by atoms with Crippen LogP contribution in [0.4, 0.5) is 10.1 Å². The molecular weight excluding hydrogens is 357 g/mol. The van der Waals surface area contributed by atoms with Crippen molar-refractivity contribution in [1.29, 1.82) is 0 Å². The van der Waals surface area contributed by atoms with Gasteiger partial charge in [0.25, 0.3) is 11.5 Å². The summed E-state index contributed by atoms with van der Waals surface area (Å²) in [6.07, 6.45) is 0. The molecular formula is C19H17ClFN3O2. The smallest absolute Gasteiger partial charge is 0.276 e. The second-order valence-electron chi connectivity index (χ2n) is 6.35. The average molecular weight is 374 g/mol. The topological polar surface area (TPSA) is 64.0 Å². The molecule has 7 heteroatoms. The molecule has 1 heterocycles. The average Bonchev–Trinajstić information content (AvgIpc) is 2.59. The van der Waals surface area contributed by atoms with Gasteiger partial charge in [0.15, 0.2) is 5.69 Å². The van der Waals surface area contributed by atoms with Gasteiger partial charge in [-0.1, -0.05) is 43.6 Å². The van der Waals surface area contributed by atoms with Crippen LogP contribution in [0.25, 0.3) is 10.8 Å². The number of hydrogen-bond acceptors (Lipinski definition) is 3. The number of rotatable bonds is 4. The predicted molar refractivity (Wildman–Crippen MR) is 100 cm³/mol. The van der Waals surface area contributed by atoms with Crippen LogP contribution in [0.3, 0.4) is 0 Å². The van der Waals surface area contributed by atoms with Crippen LogP contribution in [-0.4, -0.2) is 15.7 Å². The Morgan fingerprint density at radius 3 is 2.58 bits per heavy atom. The molecule has 0 saturated carbocycles.